The zero-order valence-corrected chi connectivity index (χ0v) is 29.8. The standard InChI is InChI=1S/C24H32FN3O2.C13H19N.C2H6/c1-6-8-13-26-18(3)23(20(7-2)21-11-9-10-12-22(21)25)19(4)27-14-16-28(17-15-27)24(29)30-5;1-4-6-7-9-13(11-14)10-12(3)8-5-2;1-2/h7-13H,6,14-17H2,1-5H3;7,9-10H,3-6,8H2,1-2H3;1-2H3/b13-8+,20-7-,23-19-,26-18+;9-7-,13-10+;. The molecule has 0 aliphatic carbocycles. The first-order chi connectivity index (χ1) is 22.2. The predicted octanol–water partition coefficient (Wildman–Crippen LogP) is 10.4. The maximum Gasteiger partial charge on any atom is 0.409 e. The Kier molecular flexibility index (Phi) is 22.8. The number of nitriles is 1. The maximum absolute atomic E-state index is 14.7. The van der Waals surface area contributed by atoms with Crippen molar-refractivity contribution in [3.05, 3.63) is 101 Å². The van der Waals surface area contributed by atoms with E-state index in [1.54, 1.807) is 23.2 Å². The number of benzene rings is 1. The molecule has 1 aromatic carbocycles. The first kappa shape index (κ1) is 41.8. The molecule has 0 bridgehead atoms. The summed E-state index contributed by atoms with van der Waals surface area (Å²) in [5.74, 6) is -0.261. The number of hydrogen-bond acceptors (Lipinski definition) is 5. The molecule has 0 atom stereocenters. The second kappa shape index (κ2) is 25.1. The normalized spacial score (nSPS) is 14.6. The minimum atomic E-state index is -0.306. The fourth-order valence-electron chi connectivity index (χ4n) is 4.72. The zero-order valence-electron chi connectivity index (χ0n) is 29.8. The highest BCUT2D eigenvalue weighted by Gasteiger charge is 2.25. The average molecular weight is 633 g/mol. The van der Waals surface area contributed by atoms with E-state index in [9.17, 15) is 9.18 Å². The smallest absolute Gasteiger partial charge is 0.409 e. The van der Waals surface area contributed by atoms with Crippen LogP contribution in [0, 0.1) is 17.1 Å². The topological polar surface area (TPSA) is 68.9 Å². The lowest BCUT2D eigenvalue weighted by atomic mass is 9.92. The van der Waals surface area contributed by atoms with Crippen LogP contribution in [-0.4, -0.2) is 54.9 Å². The molecular formula is C39H57FN4O2. The number of ether oxygens (including phenoxy) is 1. The van der Waals surface area contributed by atoms with Gasteiger partial charge >= 0.3 is 6.09 Å². The highest BCUT2D eigenvalue weighted by atomic mass is 19.1. The van der Waals surface area contributed by atoms with Gasteiger partial charge in [0.05, 0.1) is 18.8 Å². The Morgan fingerprint density at radius 1 is 1.07 bits per heavy atom. The summed E-state index contributed by atoms with van der Waals surface area (Å²) in [6.07, 6.45) is 16.3. The summed E-state index contributed by atoms with van der Waals surface area (Å²) < 4.78 is 19.5. The van der Waals surface area contributed by atoms with Crippen LogP contribution in [0.1, 0.15) is 93.1 Å². The number of rotatable bonds is 12. The molecule has 1 aliphatic heterocycles. The van der Waals surface area contributed by atoms with Crippen molar-refractivity contribution in [2.75, 3.05) is 33.3 Å². The molecule has 252 valence electrons. The number of allylic oxidation sites excluding steroid dienone is 10. The number of methoxy groups -OCH3 is 1. The summed E-state index contributed by atoms with van der Waals surface area (Å²) in [4.78, 5) is 20.3. The molecule has 2 rings (SSSR count). The van der Waals surface area contributed by atoms with E-state index >= 15 is 0 Å². The number of halogens is 1. The van der Waals surface area contributed by atoms with Crippen LogP contribution in [0.25, 0.3) is 5.57 Å². The lowest BCUT2D eigenvalue weighted by molar-refractivity contribution is 0.0997. The third-order valence-corrected chi connectivity index (χ3v) is 7.05. The predicted molar refractivity (Wildman–Crippen MR) is 194 cm³/mol. The number of aliphatic imine (C=N–C) groups is 1. The number of carbonyl (C=O) groups excluding carboxylic acids is 1. The first-order valence-corrected chi connectivity index (χ1v) is 16.5. The van der Waals surface area contributed by atoms with Crippen LogP contribution in [0.3, 0.4) is 0 Å². The molecule has 0 saturated carbocycles. The molecule has 1 saturated heterocycles. The summed E-state index contributed by atoms with van der Waals surface area (Å²) in [7, 11) is 1.40. The van der Waals surface area contributed by atoms with Crippen LogP contribution in [0.2, 0.25) is 0 Å². The maximum atomic E-state index is 14.7. The summed E-state index contributed by atoms with van der Waals surface area (Å²) in [6.45, 7) is 22.6. The minimum absolute atomic E-state index is 0.261. The molecule has 1 fully saturated rings. The van der Waals surface area contributed by atoms with Crippen LogP contribution in [0.5, 0.6) is 0 Å². The van der Waals surface area contributed by atoms with Gasteiger partial charge in [0, 0.05) is 54.9 Å². The van der Waals surface area contributed by atoms with E-state index in [2.05, 4.69) is 43.3 Å². The van der Waals surface area contributed by atoms with Gasteiger partial charge in [-0.05, 0) is 63.8 Å². The Bertz CT molecular complexity index is 1300. The van der Waals surface area contributed by atoms with Crippen molar-refractivity contribution < 1.29 is 13.9 Å². The van der Waals surface area contributed by atoms with Gasteiger partial charge in [-0.25, -0.2) is 9.18 Å². The molecule has 0 radical (unpaired) electrons. The van der Waals surface area contributed by atoms with E-state index in [0.29, 0.717) is 37.3 Å². The van der Waals surface area contributed by atoms with Gasteiger partial charge in [0.25, 0.3) is 0 Å². The molecule has 1 heterocycles. The molecule has 0 unspecified atom stereocenters. The Morgan fingerprint density at radius 3 is 2.22 bits per heavy atom. The average Bonchev–Trinajstić information content (AvgIpc) is 3.08. The fraction of sp³-hybridized carbons (Fsp3) is 0.462. The third-order valence-electron chi connectivity index (χ3n) is 7.05. The quantitative estimate of drug-likeness (QED) is 0.131. The van der Waals surface area contributed by atoms with E-state index in [-0.39, 0.29) is 11.9 Å². The van der Waals surface area contributed by atoms with Gasteiger partial charge in [-0.3, -0.25) is 4.99 Å². The second-order valence-electron chi connectivity index (χ2n) is 10.4. The van der Waals surface area contributed by atoms with Gasteiger partial charge in [-0.1, -0.05) is 96.0 Å². The number of hydrogen-bond donors (Lipinski definition) is 0. The summed E-state index contributed by atoms with van der Waals surface area (Å²) in [5, 5.41) is 8.83. The Morgan fingerprint density at radius 2 is 1.70 bits per heavy atom. The van der Waals surface area contributed by atoms with E-state index in [0.717, 1.165) is 60.2 Å². The molecular weight excluding hydrogens is 575 g/mol. The molecule has 1 aliphatic rings. The largest absolute Gasteiger partial charge is 0.453 e. The van der Waals surface area contributed by atoms with Crippen LogP contribution in [0.4, 0.5) is 9.18 Å². The van der Waals surface area contributed by atoms with Gasteiger partial charge < -0.3 is 14.5 Å². The van der Waals surface area contributed by atoms with Crippen molar-refractivity contribution in [1.29, 1.82) is 5.26 Å². The zero-order chi connectivity index (χ0) is 34.9. The van der Waals surface area contributed by atoms with E-state index < -0.39 is 0 Å². The number of nitrogens with zero attached hydrogens (tertiary/aromatic N) is 4. The van der Waals surface area contributed by atoms with E-state index in [4.69, 9.17) is 10.00 Å². The van der Waals surface area contributed by atoms with Gasteiger partial charge in [0.1, 0.15) is 5.82 Å². The van der Waals surface area contributed by atoms with Crippen molar-refractivity contribution in [2.45, 2.75) is 87.5 Å². The Labute approximate surface area is 279 Å². The van der Waals surface area contributed by atoms with Crippen LogP contribution >= 0.6 is 0 Å². The minimum Gasteiger partial charge on any atom is -0.453 e. The van der Waals surface area contributed by atoms with Gasteiger partial charge in [-0.15, -0.1) is 0 Å². The van der Waals surface area contributed by atoms with Gasteiger partial charge in [-0.2, -0.15) is 5.26 Å². The Balaban J connectivity index is 0.00000106. The van der Waals surface area contributed by atoms with Gasteiger partial charge in [0.15, 0.2) is 0 Å². The number of carbonyl (C=O) groups is 1. The SMILES string of the molecule is C=C(/C=C(C#N)\C=C/CCC)CCC.CC.C\C=C(C(/C(C)=N/C=C/CC)=C(/C)N1CCN(C(=O)OC)CC1)\c1ccccc1F. The van der Waals surface area contributed by atoms with E-state index in [1.165, 1.54) is 13.2 Å². The van der Waals surface area contributed by atoms with Crippen molar-refractivity contribution in [2.24, 2.45) is 4.99 Å². The number of unbranched alkanes of at least 4 members (excludes halogenated alkanes) is 1. The number of piperazine rings is 1. The van der Waals surface area contributed by atoms with Crippen molar-refractivity contribution in [1.82, 2.24) is 9.80 Å². The Hall–Kier alpha value is -4.18. The van der Waals surface area contributed by atoms with Crippen molar-refractivity contribution in [3.63, 3.8) is 0 Å². The highest BCUT2D eigenvalue weighted by Crippen LogP contribution is 2.30. The number of amides is 1. The van der Waals surface area contributed by atoms with Crippen LogP contribution in [0.15, 0.2) is 94.8 Å². The summed E-state index contributed by atoms with van der Waals surface area (Å²) in [5.41, 5.74) is 5.85. The van der Waals surface area contributed by atoms with Crippen LogP contribution in [-0.2, 0) is 4.74 Å². The monoisotopic (exact) mass is 632 g/mol. The summed E-state index contributed by atoms with van der Waals surface area (Å²) in [6, 6.07) is 8.97. The van der Waals surface area contributed by atoms with Crippen molar-refractivity contribution >= 4 is 17.4 Å². The first-order valence-electron chi connectivity index (χ1n) is 16.5. The molecule has 46 heavy (non-hydrogen) atoms. The lowest BCUT2D eigenvalue weighted by Gasteiger charge is -2.37. The fourth-order valence-corrected chi connectivity index (χ4v) is 4.72. The third kappa shape index (κ3) is 14.7. The second-order valence-corrected chi connectivity index (χ2v) is 10.4. The van der Waals surface area contributed by atoms with Crippen LogP contribution < -0.4 is 0 Å². The molecule has 0 aromatic heterocycles. The molecule has 6 nitrogen and oxygen atoms in total. The highest BCUT2D eigenvalue weighted by molar-refractivity contribution is 6.12. The lowest BCUT2D eigenvalue weighted by Crippen LogP contribution is -2.48. The summed E-state index contributed by atoms with van der Waals surface area (Å²) >= 11 is 0. The molecule has 0 N–H and O–H groups in total. The molecule has 1 aromatic rings. The van der Waals surface area contributed by atoms with E-state index in [1.807, 2.05) is 71.1 Å². The van der Waals surface area contributed by atoms with Gasteiger partial charge in [0.2, 0.25) is 0 Å². The van der Waals surface area contributed by atoms with Crippen molar-refractivity contribution in [3.8, 4) is 6.07 Å². The molecule has 1 amide bonds. The molecule has 7 heteroatoms. The molecule has 0 spiro atoms.